The predicted octanol–water partition coefficient (Wildman–Crippen LogP) is 3.78. The second-order valence-corrected chi connectivity index (χ2v) is 3.64. The van der Waals surface area contributed by atoms with Gasteiger partial charge in [-0.25, -0.2) is 4.90 Å². The van der Waals surface area contributed by atoms with Crippen LogP contribution in [0.3, 0.4) is 0 Å². The van der Waals surface area contributed by atoms with Crippen molar-refractivity contribution in [2.75, 3.05) is 4.90 Å². The fourth-order valence-corrected chi connectivity index (χ4v) is 1.69. The number of hydrogen-bond acceptors (Lipinski definition) is 2. The van der Waals surface area contributed by atoms with E-state index in [1.807, 2.05) is 48.6 Å². The number of rotatable bonds is 3. The van der Waals surface area contributed by atoms with Crippen molar-refractivity contribution in [3.63, 3.8) is 0 Å². The summed E-state index contributed by atoms with van der Waals surface area (Å²) < 4.78 is 0. The molecule has 1 aromatic rings. The van der Waals surface area contributed by atoms with Gasteiger partial charge in [0.2, 0.25) is 0 Å². The first-order chi connectivity index (χ1) is 8.86. The third-order valence-electron chi connectivity index (χ3n) is 2.54. The molecular formula is C16H12N2. The van der Waals surface area contributed by atoms with E-state index in [0.717, 1.165) is 11.3 Å². The minimum atomic E-state index is 0.705. The van der Waals surface area contributed by atoms with Crippen LogP contribution in [0.1, 0.15) is 5.56 Å². The van der Waals surface area contributed by atoms with Crippen molar-refractivity contribution in [3.05, 3.63) is 78.2 Å². The molecule has 1 aliphatic rings. The highest BCUT2D eigenvalue weighted by Crippen LogP contribution is 2.24. The maximum absolute atomic E-state index is 9.36. The maximum Gasteiger partial charge on any atom is 0.189 e. The van der Waals surface area contributed by atoms with Crippen LogP contribution >= 0.6 is 0 Å². The van der Waals surface area contributed by atoms with Crippen molar-refractivity contribution in [1.29, 1.82) is 5.26 Å². The Morgan fingerprint density at radius 1 is 1.22 bits per heavy atom. The molecule has 1 aliphatic carbocycles. The van der Waals surface area contributed by atoms with E-state index < -0.39 is 0 Å². The number of nitriles is 1. The molecule has 0 saturated heterocycles. The number of hydrogen-bond donors (Lipinski definition) is 0. The van der Waals surface area contributed by atoms with Crippen molar-refractivity contribution in [1.82, 2.24) is 0 Å². The molecule has 0 radical (unpaired) electrons. The number of nitrogens with zero attached hydrogens (tertiary/aromatic N) is 2. The van der Waals surface area contributed by atoms with Gasteiger partial charge < -0.3 is 0 Å². The van der Waals surface area contributed by atoms with Crippen LogP contribution in [-0.4, -0.2) is 0 Å². The van der Waals surface area contributed by atoms with Gasteiger partial charge in [0.25, 0.3) is 0 Å². The Morgan fingerprint density at radius 2 is 2.06 bits per heavy atom. The quantitative estimate of drug-likeness (QED) is 0.450. The molecule has 0 N–H and O–H groups in total. The lowest BCUT2D eigenvalue weighted by Gasteiger charge is -2.17. The molecule has 1 aromatic carbocycles. The second kappa shape index (κ2) is 5.54. The Kier molecular flexibility index (Phi) is 3.61. The van der Waals surface area contributed by atoms with Gasteiger partial charge in [-0.1, -0.05) is 54.8 Å². The summed E-state index contributed by atoms with van der Waals surface area (Å²) in [6, 6.07) is 7.64. The molecule has 0 aromatic heterocycles. The highest BCUT2D eigenvalue weighted by atomic mass is 15.1. The monoisotopic (exact) mass is 232 g/mol. The Morgan fingerprint density at radius 3 is 2.83 bits per heavy atom. The second-order valence-electron chi connectivity index (χ2n) is 3.64. The number of benzene rings is 1. The molecule has 0 heterocycles. The summed E-state index contributed by atoms with van der Waals surface area (Å²) in [6.07, 6.45) is 13.2. The summed E-state index contributed by atoms with van der Waals surface area (Å²) in [7, 11) is 0. The van der Waals surface area contributed by atoms with Crippen LogP contribution in [0.15, 0.2) is 72.7 Å². The van der Waals surface area contributed by atoms with Crippen LogP contribution < -0.4 is 4.90 Å². The minimum absolute atomic E-state index is 0.705. The van der Waals surface area contributed by atoms with E-state index in [-0.39, 0.29) is 0 Å². The molecule has 0 fully saturated rings. The van der Waals surface area contributed by atoms with Crippen LogP contribution in [0.4, 0.5) is 5.69 Å². The molecule has 18 heavy (non-hydrogen) atoms. The standard InChI is InChI=1S/C16H12N2/c1-2-14-9-7-8-12-16(14)18(13-17)15-10-5-3-4-6-11-15/h2-10,12H,1H2. The average Bonchev–Trinajstić information content (AvgIpc) is 2.69. The predicted molar refractivity (Wildman–Crippen MR) is 74.5 cm³/mol. The molecule has 2 nitrogen and oxygen atoms in total. The summed E-state index contributed by atoms with van der Waals surface area (Å²) >= 11 is 0. The summed E-state index contributed by atoms with van der Waals surface area (Å²) in [5.74, 6) is 0. The van der Waals surface area contributed by atoms with Gasteiger partial charge >= 0.3 is 0 Å². The molecule has 0 unspecified atom stereocenters. The number of para-hydroxylation sites is 1. The average molecular weight is 232 g/mol. The van der Waals surface area contributed by atoms with E-state index in [0.29, 0.717) is 5.70 Å². The normalized spacial score (nSPS) is 12.5. The van der Waals surface area contributed by atoms with Crippen molar-refractivity contribution < 1.29 is 0 Å². The van der Waals surface area contributed by atoms with Gasteiger partial charge in [0, 0.05) is 0 Å². The maximum atomic E-state index is 9.36. The molecule has 0 amide bonds. The molecule has 86 valence electrons. The zero-order valence-electron chi connectivity index (χ0n) is 9.88. The molecule has 0 bridgehead atoms. The zero-order valence-corrected chi connectivity index (χ0v) is 9.88. The third kappa shape index (κ3) is 2.32. The van der Waals surface area contributed by atoms with E-state index in [1.54, 1.807) is 12.2 Å². The van der Waals surface area contributed by atoms with Crippen LogP contribution in [-0.2, 0) is 0 Å². The molecule has 2 rings (SSSR count). The van der Waals surface area contributed by atoms with E-state index in [2.05, 4.69) is 18.5 Å². The first-order valence-corrected chi connectivity index (χ1v) is 5.58. The first kappa shape index (κ1) is 11.7. The van der Waals surface area contributed by atoms with Gasteiger partial charge in [0.05, 0.1) is 11.4 Å². The lowest BCUT2D eigenvalue weighted by atomic mass is 10.1. The van der Waals surface area contributed by atoms with Crippen molar-refractivity contribution in [2.24, 2.45) is 0 Å². The van der Waals surface area contributed by atoms with Crippen molar-refractivity contribution >= 4 is 11.8 Å². The Balaban J connectivity index is 2.50. The van der Waals surface area contributed by atoms with Crippen LogP contribution in [0.25, 0.3) is 6.08 Å². The summed E-state index contributed by atoms with van der Waals surface area (Å²) in [4.78, 5) is 1.54. The molecule has 0 aliphatic heterocycles. The van der Waals surface area contributed by atoms with Gasteiger partial charge in [-0.15, -0.1) is 0 Å². The minimum Gasteiger partial charge on any atom is -0.240 e. The van der Waals surface area contributed by atoms with E-state index in [4.69, 9.17) is 0 Å². The molecule has 0 atom stereocenters. The van der Waals surface area contributed by atoms with Crippen LogP contribution in [0, 0.1) is 11.5 Å². The fourth-order valence-electron chi connectivity index (χ4n) is 1.69. The molecule has 0 spiro atoms. The lowest BCUT2D eigenvalue weighted by molar-refractivity contribution is 1.21. The zero-order chi connectivity index (χ0) is 12.8. The molecular weight excluding hydrogens is 220 g/mol. The number of anilines is 1. The van der Waals surface area contributed by atoms with Gasteiger partial charge in [-0.3, -0.25) is 0 Å². The number of allylic oxidation sites excluding steroid dienone is 4. The smallest absolute Gasteiger partial charge is 0.189 e. The largest absolute Gasteiger partial charge is 0.240 e. The van der Waals surface area contributed by atoms with E-state index in [1.165, 1.54) is 4.90 Å². The SMILES string of the molecule is C=Cc1ccccc1N(C#N)C1=C=CC=CC=C1. The summed E-state index contributed by atoms with van der Waals surface area (Å²) in [5.41, 5.74) is 5.49. The Labute approximate surface area is 107 Å². The van der Waals surface area contributed by atoms with Gasteiger partial charge in [0.15, 0.2) is 6.19 Å². The Hall–Kier alpha value is -2.75. The molecule has 2 heteroatoms. The lowest BCUT2D eigenvalue weighted by Crippen LogP contribution is -2.14. The van der Waals surface area contributed by atoms with Crippen molar-refractivity contribution in [3.8, 4) is 6.19 Å². The van der Waals surface area contributed by atoms with Crippen LogP contribution in [0.2, 0.25) is 0 Å². The molecule has 0 saturated carbocycles. The first-order valence-electron chi connectivity index (χ1n) is 5.58. The van der Waals surface area contributed by atoms with Gasteiger partial charge in [0.1, 0.15) is 0 Å². The third-order valence-corrected chi connectivity index (χ3v) is 2.54. The van der Waals surface area contributed by atoms with E-state index >= 15 is 0 Å². The summed E-state index contributed by atoms with van der Waals surface area (Å²) in [5, 5.41) is 9.36. The van der Waals surface area contributed by atoms with Gasteiger partial charge in [-0.05, 0) is 23.8 Å². The topological polar surface area (TPSA) is 27.0 Å². The van der Waals surface area contributed by atoms with Gasteiger partial charge in [-0.2, -0.15) is 5.26 Å². The van der Waals surface area contributed by atoms with Crippen molar-refractivity contribution in [2.45, 2.75) is 0 Å². The highest BCUT2D eigenvalue weighted by molar-refractivity contribution is 5.72. The fraction of sp³-hybridized carbons (Fsp3) is 0. The Bertz CT molecular complexity index is 621. The van der Waals surface area contributed by atoms with E-state index in [9.17, 15) is 5.26 Å². The van der Waals surface area contributed by atoms with Crippen LogP contribution in [0.5, 0.6) is 0 Å². The summed E-state index contributed by atoms with van der Waals surface area (Å²) in [6.45, 7) is 3.77. The highest BCUT2D eigenvalue weighted by Gasteiger charge is 2.11.